The van der Waals surface area contributed by atoms with Crippen LogP contribution in [0.25, 0.3) is 33.4 Å². The van der Waals surface area contributed by atoms with Crippen molar-refractivity contribution in [1.82, 2.24) is 0 Å². The normalized spacial score (nSPS) is 10.9. The minimum absolute atomic E-state index is 0.0908. The Morgan fingerprint density at radius 2 is 1.14 bits per heavy atom. The molecule has 0 saturated heterocycles. The van der Waals surface area contributed by atoms with E-state index in [-0.39, 0.29) is 22.3 Å². The molecule has 0 unspecified atom stereocenters. The molecular formula is C29H21F5O. The summed E-state index contributed by atoms with van der Waals surface area (Å²) in [5.41, 5.74) is 2.96. The van der Waals surface area contributed by atoms with Crippen molar-refractivity contribution in [2.24, 2.45) is 0 Å². The first-order chi connectivity index (χ1) is 16.9. The highest BCUT2D eigenvalue weighted by Crippen LogP contribution is 2.34. The van der Waals surface area contributed by atoms with Crippen LogP contribution in [0.3, 0.4) is 0 Å². The summed E-state index contributed by atoms with van der Waals surface area (Å²) in [5, 5.41) is 0. The second-order valence-corrected chi connectivity index (χ2v) is 7.94. The van der Waals surface area contributed by atoms with Crippen molar-refractivity contribution in [1.29, 1.82) is 0 Å². The summed E-state index contributed by atoms with van der Waals surface area (Å²) in [6.45, 7) is 2.31. The van der Waals surface area contributed by atoms with Gasteiger partial charge in [-0.15, -0.1) is 6.58 Å². The van der Waals surface area contributed by atoms with Gasteiger partial charge in [-0.3, -0.25) is 0 Å². The van der Waals surface area contributed by atoms with Gasteiger partial charge in [-0.25, -0.2) is 22.0 Å². The number of ether oxygens (including phenoxy) is 1. The third kappa shape index (κ3) is 5.27. The van der Waals surface area contributed by atoms with E-state index >= 15 is 0 Å². The van der Waals surface area contributed by atoms with Gasteiger partial charge in [-0.2, -0.15) is 0 Å². The zero-order chi connectivity index (χ0) is 24.9. The lowest BCUT2D eigenvalue weighted by Gasteiger charge is -2.11. The number of hydrogen-bond donors (Lipinski definition) is 0. The van der Waals surface area contributed by atoms with Crippen molar-refractivity contribution in [3.8, 4) is 39.1 Å². The lowest BCUT2D eigenvalue weighted by Crippen LogP contribution is -1.98. The monoisotopic (exact) mass is 480 g/mol. The topological polar surface area (TPSA) is 9.23 Å². The number of hydrogen-bond acceptors (Lipinski definition) is 1. The fourth-order valence-corrected chi connectivity index (χ4v) is 3.89. The molecular weight excluding hydrogens is 459 g/mol. The Morgan fingerprint density at radius 1 is 0.629 bits per heavy atom. The van der Waals surface area contributed by atoms with E-state index in [1.807, 2.05) is 30.3 Å². The van der Waals surface area contributed by atoms with Crippen LogP contribution in [-0.4, -0.2) is 6.86 Å². The van der Waals surface area contributed by atoms with Crippen molar-refractivity contribution < 1.29 is 26.7 Å². The van der Waals surface area contributed by atoms with Crippen LogP contribution in [-0.2, 0) is 6.42 Å². The molecule has 0 aliphatic carbocycles. The Bertz CT molecular complexity index is 1340. The highest BCUT2D eigenvalue weighted by molar-refractivity contribution is 5.74. The van der Waals surface area contributed by atoms with Crippen LogP contribution in [0.5, 0.6) is 5.75 Å². The third-order valence-electron chi connectivity index (χ3n) is 5.68. The fourth-order valence-electron chi connectivity index (χ4n) is 3.89. The molecule has 0 bridgehead atoms. The number of rotatable bonds is 8. The van der Waals surface area contributed by atoms with Crippen LogP contribution < -0.4 is 4.74 Å². The zero-order valence-electron chi connectivity index (χ0n) is 18.6. The molecule has 0 radical (unpaired) electrons. The summed E-state index contributed by atoms with van der Waals surface area (Å²) in [6.07, 6.45) is 3.61. The summed E-state index contributed by atoms with van der Waals surface area (Å²) in [6, 6.07) is 18.1. The highest BCUT2D eigenvalue weighted by atomic mass is 19.2. The van der Waals surface area contributed by atoms with Gasteiger partial charge in [0.25, 0.3) is 0 Å². The average molecular weight is 480 g/mol. The summed E-state index contributed by atoms with van der Waals surface area (Å²) in [4.78, 5) is 0. The number of allylic oxidation sites excluding steroid dienone is 1. The second kappa shape index (κ2) is 10.6. The largest absolute Gasteiger partial charge is 0.457 e. The van der Waals surface area contributed by atoms with Crippen LogP contribution in [0.15, 0.2) is 85.5 Å². The van der Waals surface area contributed by atoms with E-state index in [9.17, 15) is 22.0 Å². The molecule has 0 saturated carbocycles. The third-order valence-corrected chi connectivity index (χ3v) is 5.68. The van der Waals surface area contributed by atoms with Gasteiger partial charge < -0.3 is 4.74 Å². The molecule has 1 nitrogen and oxygen atoms in total. The summed E-state index contributed by atoms with van der Waals surface area (Å²) in [5.74, 6) is -4.51. The molecule has 0 N–H and O–H groups in total. The van der Waals surface area contributed by atoms with Crippen molar-refractivity contribution in [2.45, 2.75) is 12.8 Å². The van der Waals surface area contributed by atoms with Crippen LogP contribution in [0.4, 0.5) is 22.0 Å². The molecule has 0 aliphatic heterocycles. The fraction of sp³-hybridized carbons (Fsp3) is 0.103. The first-order valence-corrected chi connectivity index (χ1v) is 10.9. The maximum absolute atomic E-state index is 15.0. The van der Waals surface area contributed by atoms with E-state index in [4.69, 9.17) is 0 Å². The number of aryl methyl sites for hydroxylation is 1. The average Bonchev–Trinajstić information content (AvgIpc) is 2.85. The smallest absolute Gasteiger partial charge is 0.228 e. The van der Waals surface area contributed by atoms with Crippen LogP contribution >= 0.6 is 0 Å². The Kier molecular flexibility index (Phi) is 7.30. The number of halogens is 5. The predicted molar refractivity (Wildman–Crippen MR) is 128 cm³/mol. The van der Waals surface area contributed by atoms with Crippen molar-refractivity contribution in [3.05, 3.63) is 114 Å². The van der Waals surface area contributed by atoms with Crippen molar-refractivity contribution in [2.75, 3.05) is 6.86 Å². The van der Waals surface area contributed by atoms with E-state index in [0.717, 1.165) is 42.2 Å². The lowest BCUT2D eigenvalue weighted by molar-refractivity contribution is 0.176. The van der Waals surface area contributed by atoms with Crippen molar-refractivity contribution in [3.63, 3.8) is 0 Å². The molecule has 0 aliphatic rings. The first-order valence-electron chi connectivity index (χ1n) is 10.9. The SMILES string of the molecule is C=CCCc1ccc(-c2ccc(-c3ccc(-c4cc(F)c(OCF)c(F)c4)c(F)c3)c(F)c2)cc1. The molecule has 0 atom stereocenters. The molecule has 0 aromatic heterocycles. The molecule has 35 heavy (non-hydrogen) atoms. The van der Waals surface area contributed by atoms with Gasteiger partial charge >= 0.3 is 0 Å². The standard InChI is InChI=1S/C29H21F5O/c1-2-3-4-18-5-7-19(8-6-18)20-9-11-23(25(31)13-20)21-10-12-24(26(32)14-21)22-15-27(33)29(35-17-30)28(34)16-22/h2,5-16H,1,3-4,17H2. The first kappa shape index (κ1) is 24.2. The molecule has 4 aromatic rings. The molecule has 4 aromatic carbocycles. The molecule has 6 heteroatoms. The molecule has 0 heterocycles. The van der Waals surface area contributed by atoms with Gasteiger partial charge in [0.15, 0.2) is 17.4 Å². The lowest BCUT2D eigenvalue weighted by atomic mass is 9.96. The zero-order valence-corrected chi connectivity index (χ0v) is 18.6. The van der Waals surface area contributed by atoms with E-state index in [0.29, 0.717) is 5.56 Å². The minimum atomic E-state index is -1.40. The minimum Gasteiger partial charge on any atom is -0.457 e. The van der Waals surface area contributed by atoms with E-state index in [1.165, 1.54) is 18.2 Å². The molecule has 0 spiro atoms. The Hall–Kier alpha value is -3.93. The summed E-state index contributed by atoms with van der Waals surface area (Å²) >= 11 is 0. The van der Waals surface area contributed by atoms with Gasteiger partial charge in [0, 0.05) is 11.1 Å². The quantitative estimate of drug-likeness (QED) is 0.181. The number of alkyl halides is 1. The molecule has 0 fully saturated rings. The molecule has 178 valence electrons. The van der Waals surface area contributed by atoms with Crippen LogP contribution in [0.2, 0.25) is 0 Å². The predicted octanol–water partition coefficient (Wildman–Crippen LogP) is 8.67. The molecule has 0 amide bonds. The summed E-state index contributed by atoms with van der Waals surface area (Å²) in [7, 11) is 0. The number of benzene rings is 4. The van der Waals surface area contributed by atoms with E-state index in [2.05, 4.69) is 11.3 Å². The van der Waals surface area contributed by atoms with Crippen LogP contribution in [0.1, 0.15) is 12.0 Å². The highest BCUT2D eigenvalue weighted by Gasteiger charge is 2.17. The van der Waals surface area contributed by atoms with Gasteiger partial charge in [-0.1, -0.05) is 54.6 Å². The van der Waals surface area contributed by atoms with E-state index < -0.39 is 35.9 Å². The maximum atomic E-state index is 15.0. The van der Waals surface area contributed by atoms with Crippen molar-refractivity contribution >= 4 is 0 Å². The van der Waals surface area contributed by atoms with Gasteiger partial charge in [0.05, 0.1) is 0 Å². The van der Waals surface area contributed by atoms with Crippen LogP contribution in [0, 0.1) is 23.3 Å². The van der Waals surface area contributed by atoms with Gasteiger partial charge in [-0.05, 0) is 64.9 Å². The molecule has 4 rings (SSSR count). The van der Waals surface area contributed by atoms with Gasteiger partial charge in [0.2, 0.25) is 6.86 Å². The summed E-state index contributed by atoms with van der Waals surface area (Å²) < 4.78 is 74.5. The maximum Gasteiger partial charge on any atom is 0.228 e. The Morgan fingerprint density at radius 3 is 1.71 bits per heavy atom. The Balaban J connectivity index is 1.61. The van der Waals surface area contributed by atoms with E-state index in [1.54, 1.807) is 12.1 Å². The second-order valence-electron chi connectivity index (χ2n) is 7.94. The van der Waals surface area contributed by atoms with Gasteiger partial charge in [0.1, 0.15) is 11.6 Å². The Labute approximate surface area is 200 Å².